The summed E-state index contributed by atoms with van der Waals surface area (Å²) in [5, 5.41) is 2.74. The Hall–Kier alpha value is -0.950. The summed E-state index contributed by atoms with van der Waals surface area (Å²) in [6.45, 7) is 0. The lowest BCUT2D eigenvalue weighted by molar-refractivity contribution is 0.497. The molecule has 0 aliphatic carbocycles. The van der Waals surface area contributed by atoms with Crippen LogP contribution in [0.2, 0.25) is 0 Å². The van der Waals surface area contributed by atoms with E-state index >= 15 is 0 Å². The van der Waals surface area contributed by atoms with Crippen LogP contribution < -0.4 is 5.30 Å². The average Bonchev–Trinajstić information content (AvgIpc) is 2.17. The summed E-state index contributed by atoms with van der Waals surface area (Å²) in [5.74, 6) is 0. The Morgan fingerprint density at radius 3 is 2.23 bits per heavy atom. The molecule has 0 unspecified atom stereocenters. The van der Waals surface area contributed by atoms with Crippen molar-refractivity contribution >= 4 is 24.5 Å². The van der Waals surface area contributed by atoms with Crippen LogP contribution in [0.1, 0.15) is 0 Å². The molecule has 2 nitrogen and oxygen atoms in total. The standard InChI is InChI=1S/C10H9O2P/c11-13(12)10-6-5-8-3-1-2-4-9(8)7-10/h1-7,11-12H. The molecular weight excluding hydrogens is 183 g/mol. The molecule has 13 heavy (non-hydrogen) atoms. The van der Waals surface area contributed by atoms with E-state index in [9.17, 15) is 0 Å². The number of rotatable bonds is 1. The molecule has 66 valence electrons. The molecule has 0 spiro atoms. The van der Waals surface area contributed by atoms with Gasteiger partial charge in [0.05, 0.1) is 0 Å². The van der Waals surface area contributed by atoms with Crippen molar-refractivity contribution in [2.45, 2.75) is 0 Å². The fourth-order valence-electron chi connectivity index (χ4n) is 1.30. The first kappa shape index (κ1) is 8.64. The molecule has 0 bridgehead atoms. The smallest absolute Gasteiger partial charge is 0.199 e. The molecule has 0 heterocycles. The van der Waals surface area contributed by atoms with E-state index in [4.69, 9.17) is 9.79 Å². The number of hydrogen-bond donors (Lipinski definition) is 2. The molecule has 0 aromatic heterocycles. The maximum Gasteiger partial charge on any atom is 0.199 e. The van der Waals surface area contributed by atoms with Gasteiger partial charge in [0.1, 0.15) is 0 Å². The highest BCUT2D eigenvalue weighted by molar-refractivity contribution is 7.54. The predicted molar refractivity (Wildman–Crippen MR) is 54.9 cm³/mol. The van der Waals surface area contributed by atoms with E-state index in [2.05, 4.69) is 0 Å². The van der Waals surface area contributed by atoms with Gasteiger partial charge in [-0.05, 0) is 22.9 Å². The molecule has 3 heteroatoms. The van der Waals surface area contributed by atoms with Gasteiger partial charge in [-0.25, -0.2) is 0 Å². The van der Waals surface area contributed by atoms with Gasteiger partial charge in [0.15, 0.2) is 8.38 Å². The second kappa shape index (κ2) is 3.43. The highest BCUT2D eigenvalue weighted by atomic mass is 31.2. The van der Waals surface area contributed by atoms with Crippen LogP contribution in [-0.2, 0) is 0 Å². The predicted octanol–water partition coefficient (Wildman–Crippen LogP) is 1.76. The topological polar surface area (TPSA) is 40.5 Å². The van der Waals surface area contributed by atoms with E-state index in [1.165, 1.54) is 0 Å². The number of benzene rings is 2. The van der Waals surface area contributed by atoms with Crippen molar-refractivity contribution in [3.05, 3.63) is 42.5 Å². The molecule has 0 fully saturated rings. The quantitative estimate of drug-likeness (QED) is 0.676. The number of hydrogen-bond acceptors (Lipinski definition) is 2. The van der Waals surface area contributed by atoms with Crippen LogP contribution in [0.3, 0.4) is 0 Å². The maximum absolute atomic E-state index is 9.00. The van der Waals surface area contributed by atoms with Gasteiger partial charge in [0, 0.05) is 5.30 Å². The SMILES string of the molecule is OP(O)c1ccc2ccccc2c1. The van der Waals surface area contributed by atoms with Gasteiger partial charge in [-0.2, -0.15) is 0 Å². The first-order chi connectivity index (χ1) is 6.27. The molecule has 2 N–H and O–H groups in total. The summed E-state index contributed by atoms with van der Waals surface area (Å²) in [5.41, 5.74) is 0. The molecule has 2 aromatic carbocycles. The van der Waals surface area contributed by atoms with E-state index in [0.29, 0.717) is 5.30 Å². The van der Waals surface area contributed by atoms with Gasteiger partial charge in [-0.15, -0.1) is 0 Å². The lowest BCUT2D eigenvalue weighted by Crippen LogP contribution is -1.98. The normalized spacial score (nSPS) is 11.0. The van der Waals surface area contributed by atoms with Crippen LogP contribution in [0, 0.1) is 0 Å². The Balaban J connectivity index is 2.62. The fourth-order valence-corrected chi connectivity index (χ4v) is 1.76. The summed E-state index contributed by atoms with van der Waals surface area (Å²) in [6, 6.07) is 13.3. The Bertz CT molecular complexity index is 426. The van der Waals surface area contributed by atoms with E-state index in [0.717, 1.165) is 10.8 Å². The van der Waals surface area contributed by atoms with Gasteiger partial charge in [-0.1, -0.05) is 30.3 Å². The average molecular weight is 192 g/mol. The van der Waals surface area contributed by atoms with Crippen molar-refractivity contribution in [3.63, 3.8) is 0 Å². The molecule has 0 aliphatic heterocycles. The van der Waals surface area contributed by atoms with Crippen LogP contribution in [0.25, 0.3) is 10.8 Å². The van der Waals surface area contributed by atoms with Gasteiger partial charge in [-0.3, -0.25) is 0 Å². The van der Waals surface area contributed by atoms with Gasteiger partial charge < -0.3 is 9.79 Å². The van der Waals surface area contributed by atoms with E-state index in [-0.39, 0.29) is 0 Å². The Kier molecular flexibility index (Phi) is 2.28. The van der Waals surface area contributed by atoms with Crippen LogP contribution in [0.15, 0.2) is 42.5 Å². The lowest BCUT2D eigenvalue weighted by Gasteiger charge is -2.03. The van der Waals surface area contributed by atoms with Crippen molar-refractivity contribution in [1.82, 2.24) is 0 Å². The van der Waals surface area contributed by atoms with Crippen LogP contribution in [0.5, 0.6) is 0 Å². The highest BCUT2D eigenvalue weighted by Crippen LogP contribution is 2.24. The minimum absolute atomic E-state index is 0.591. The van der Waals surface area contributed by atoms with E-state index < -0.39 is 8.38 Å². The highest BCUT2D eigenvalue weighted by Gasteiger charge is 2.03. The molecule has 2 aromatic rings. The minimum Gasteiger partial charge on any atom is -0.347 e. The zero-order chi connectivity index (χ0) is 9.26. The third-order valence-electron chi connectivity index (χ3n) is 1.96. The Labute approximate surface area is 77.4 Å². The molecule has 2 rings (SSSR count). The van der Waals surface area contributed by atoms with E-state index in [1.54, 1.807) is 12.1 Å². The van der Waals surface area contributed by atoms with Gasteiger partial charge in [0.2, 0.25) is 0 Å². The molecule has 0 saturated carbocycles. The number of fused-ring (bicyclic) bond motifs is 1. The molecule has 0 amide bonds. The molecule has 0 radical (unpaired) electrons. The zero-order valence-corrected chi connectivity index (χ0v) is 7.78. The van der Waals surface area contributed by atoms with E-state index in [1.807, 2.05) is 30.3 Å². The summed E-state index contributed by atoms with van der Waals surface area (Å²) in [7, 11) is -1.97. The first-order valence-electron chi connectivity index (χ1n) is 3.94. The molecule has 0 saturated heterocycles. The third kappa shape index (κ3) is 1.70. The Morgan fingerprint density at radius 2 is 1.54 bits per heavy atom. The lowest BCUT2D eigenvalue weighted by atomic mass is 10.1. The van der Waals surface area contributed by atoms with Crippen molar-refractivity contribution in [1.29, 1.82) is 0 Å². The molecule has 0 atom stereocenters. The summed E-state index contributed by atoms with van der Waals surface area (Å²) < 4.78 is 0. The second-order valence-corrected chi connectivity index (χ2v) is 3.92. The summed E-state index contributed by atoms with van der Waals surface area (Å²) in [4.78, 5) is 18.0. The summed E-state index contributed by atoms with van der Waals surface area (Å²) >= 11 is 0. The van der Waals surface area contributed by atoms with Gasteiger partial charge >= 0.3 is 0 Å². The van der Waals surface area contributed by atoms with Crippen LogP contribution in [0.4, 0.5) is 0 Å². The van der Waals surface area contributed by atoms with Crippen molar-refractivity contribution in [2.75, 3.05) is 0 Å². The molecule has 0 aliphatic rings. The minimum atomic E-state index is -1.97. The monoisotopic (exact) mass is 192 g/mol. The zero-order valence-electron chi connectivity index (χ0n) is 6.88. The van der Waals surface area contributed by atoms with Crippen molar-refractivity contribution < 1.29 is 9.79 Å². The fraction of sp³-hybridized carbons (Fsp3) is 0. The van der Waals surface area contributed by atoms with Gasteiger partial charge in [0.25, 0.3) is 0 Å². The van der Waals surface area contributed by atoms with Crippen LogP contribution in [-0.4, -0.2) is 9.79 Å². The van der Waals surface area contributed by atoms with Crippen molar-refractivity contribution in [3.8, 4) is 0 Å². The molecular formula is C10H9O2P. The van der Waals surface area contributed by atoms with Crippen LogP contribution >= 0.6 is 8.38 Å². The largest absolute Gasteiger partial charge is 0.347 e. The maximum atomic E-state index is 9.00. The van der Waals surface area contributed by atoms with Crippen molar-refractivity contribution in [2.24, 2.45) is 0 Å². The second-order valence-electron chi connectivity index (χ2n) is 2.82. The Morgan fingerprint density at radius 1 is 0.846 bits per heavy atom. The third-order valence-corrected chi connectivity index (χ3v) is 2.70. The first-order valence-corrected chi connectivity index (χ1v) is 5.19. The summed E-state index contributed by atoms with van der Waals surface area (Å²) in [6.07, 6.45) is 0.